The van der Waals surface area contributed by atoms with Crippen LogP contribution in [0.3, 0.4) is 0 Å². The first kappa shape index (κ1) is 14.0. The Labute approximate surface area is 112 Å². The van der Waals surface area contributed by atoms with E-state index >= 15 is 0 Å². The molecule has 1 aromatic rings. The minimum absolute atomic E-state index is 0.482. The molecule has 104 valence electrons. The summed E-state index contributed by atoms with van der Waals surface area (Å²) in [4.78, 5) is 11.5. The molecule has 0 aliphatic carbocycles. The van der Waals surface area contributed by atoms with Gasteiger partial charge >= 0.3 is 0 Å². The van der Waals surface area contributed by atoms with Crippen molar-refractivity contribution < 1.29 is 13.2 Å². The molecule has 1 aliphatic heterocycles. The lowest BCUT2D eigenvalue weighted by Gasteiger charge is -2.21. The van der Waals surface area contributed by atoms with Crippen molar-refractivity contribution in [3.8, 4) is 0 Å². The number of primary amides is 1. The lowest BCUT2D eigenvalue weighted by molar-refractivity contribution is -0.119. The highest BCUT2D eigenvalue weighted by Gasteiger charge is 2.30. The first-order valence-corrected chi connectivity index (χ1v) is 7.56. The van der Waals surface area contributed by atoms with E-state index < -0.39 is 22.2 Å². The molecule has 1 saturated heterocycles. The summed E-state index contributed by atoms with van der Waals surface area (Å²) in [5.74, 6) is -0.714. The van der Waals surface area contributed by atoms with Crippen LogP contribution in [0.25, 0.3) is 0 Å². The summed E-state index contributed by atoms with van der Waals surface area (Å²) >= 11 is 0. The smallest absolute Gasteiger partial charge is 0.280 e. The Morgan fingerprint density at radius 1 is 1.21 bits per heavy atom. The van der Waals surface area contributed by atoms with Gasteiger partial charge in [0.25, 0.3) is 10.2 Å². The van der Waals surface area contributed by atoms with Gasteiger partial charge in [-0.15, -0.1) is 0 Å². The Morgan fingerprint density at radius 2 is 1.79 bits per heavy atom. The summed E-state index contributed by atoms with van der Waals surface area (Å²) in [6, 6.07) is 7.55. The highest BCUT2D eigenvalue weighted by atomic mass is 32.2. The fourth-order valence-electron chi connectivity index (χ4n) is 2.09. The van der Waals surface area contributed by atoms with Gasteiger partial charge in [-0.25, -0.2) is 0 Å². The van der Waals surface area contributed by atoms with Crippen molar-refractivity contribution in [3.63, 3.8) is 0 Å². The Morgan fingerprint density at radius 3 is 2.32 bits per heavy atom. The molecule has 6 nitrogen and oxygen atoms in total. The minimum Gasteiger partial charge on any atom is -0.368 e. The second kappa shape index (κ2) is 5.68. The number of benzene rings is 1. The van der Waals surface area contributed by atoms with Crippen LogP contribution in [0.1, 0.15) is 24.4 Å². The van der Waals surface area contributed by atoms with Gasteiger partial charge in [-0.05, 0) is 18.4 Å². The quantitative estimate of drug-likeness (QED) is 0.805. The van der Waals surface area contributed by atoms with Crippen LogP contribution in [0.2, 0.25) is 0 Å². The zero-order valence-electron chi connectivity index (χ0n) is 10.5. The van der Waals surface area contributed by atoms with Gasteiger partial charge in [-0.2, -0.15) is 17.4 Å². The number of hydrogen-bond acceptors (Lipinski definition) is 3. The summed E-state index contributed by atoms with van der Waals surface area (Å²) in [5, 5.41) is 0. The lowest BCUT2D eigenvalue weighted by Crippen LogP contribution is -2.44. The van der Waals surface area contributed by atoms with Gasteiger partial charge in [0.05, 0.1) is 0 Å². The predicted molar refractivity (Wildman–Crippen MR) is 71.2 cm³/mol. The van der Waals surface area contributed by atoms with Gasteiger partial charge in [-0.3, -0.25) is 4.79 Å². The van der Waals surface area contributed by atoms with E-state index in [-0.39, 0.29) is 0 Å². The van der Waals surface area contributed by atoms with Crippen LogP contribution in [-0.2, 0) is 15.0 Å². The van der Waals surface area contributed by atoms with Crippen LogP contribution in [0.15, 0.2) is 30.3 Å². The number of nitrogens with zero attached hydrogens (tertiary/aromatic N) is 1. The summed E-state index contributed by atoms with van der Waals surface area (Å²) < 4.78 is 28.0. The van der Waals surface area contributed by atoms with E-state index in [1.807, 2.05) is 0 Å². The second-order valence-electron chi connectivity index (χ2n) is 4.48. The SMILES string of the molecule is NC(=O)C(NS(=O)(=O)N1CCCC1)c1ccccc1. The molecule has 0 saturated carbocycles. The maximum atomic E-state index is 12.1. The van der Waals surface area contributed by atoms with Crippen LogP contribution in [0, 0.1) is 0 Å². The Bertz CT molecular complexity index is 539. The maximum Gasteiger partial charge on any atom is 0.280 e. The molecule has 1 aliphatic rings. The van der Waals surface area contributed by atoms with E-state index in [1.54, 1.807) is 30.3 Å². The molecule has 0 radical (unpaired) electrons. The van der Waals surface area contributed by atoms with E-state index in [4.69, 9.17) is 5.73 Å². The fourth-order valence-corrected chi connectivity index (χ4v) is 3.53. The van der Waals surface area contributed by atoms with Crippen LogP contribution < -0.4 is 10.5 Å². The van der Waals surface area contributed by atoms with E-state index in [1.165, 1.54) is 4.31 Å². The van der Waals surface area contributed by atoms with Gasteiger partial charge in [0, 0.05) is 13.1 Å². The number of hydrogen-bond donors (Lipinski definition) is 2. The first-order chi connectivity index (χ1) is 9.00. The monoisotopic (exact) mass is 283 g/mol. The van der Waals surface area contributed by atoms with Gasteiger partial charge in [-0.1, -0.05) is 30.3 Å². The number of amides is 1. The van der Waals surface area contributed by atoms with Gasteiger partial charge in [0.15, 0.2) is 0 Å². The van der Waals surface area contributed by atoms with E-state index in [9.17, 15) is 13.2 Å². The van der Waals surface area contributed by atoms with Gasteiger partial charge < -0.3 is 5.73 Å². The average Bonchev–Trinajstić information content (AvgIpc) is 2.91. The summed E-state index contributed by atoms with van der Waals surface area (Å²) in [7, 11) is -3.67. The highest BCUT2D eigenvalue weighted by Crippen LogP contribution is 2.17. The summed E-state index contributed by atoms with van der Waals surface area (Å²) in [5.41, 5.74) is 5.83. The molecule has 7 heteroatoms. The van der Waals surface area contributed by atoms with Crippen LogP contribution in [0.4, 0.5) is 0 Å². The maximum absolute atomic E-state index is 12.1. The molecule has 3 N–H and O–H groups in total. The molecule has 0 aromatic heterocycles. The highest BCUT2D eigenvalue weighted by molar-refractivity contribution is 7.87. The number of nitrogens with one attached hydrogen (secondary N) is 1. The van der Waals surface area contributed by atoms with E-state index in [0.717, 1.165) is 12.8 Å². The van der Waals surface area contributed by atoms with Crippen LogP contribution in [0.5, 0.6) is 0 Å². The van der Waals surface area contributed by atoms with Crippen molar-refractivity contribution in [2.45, 2.75) is 18.9 Å². The fraction of sp³-hybridized carbons (Fsp3) is 0.417. The van der Waals surface area contributed by atoms with Gasteiger partial charge in [0.1, 0.15) is 6.04 Å². The molecule has 1 fully saturated rings. The van der Waals surface area contributed by atoms with Crippen molar-refractivity contribution >= 4 is 16.1 Å². The van der Waals surface area contributed by atoms with Crippen LogP contribution >= 0.6 is 0 Å². The number of rotatable bonds is 5. The molecular formula is C12H17N3O3S. The second-order valence-corrected chi connectivity index (χ2v) is 6.18. The molecule has 1 aromatic carbocycles. The van der Waals surface area contributed by atoms with E-state index in [2.05, 4.69) is 4.72 Å². The van der Waals surface area contributed by atoms with Gasteiger partial charge in [0.2, 0.25) is 5.91 Å². The minimum atomic E-state index is -3.67. The molecule has 0 spiro atoms. The Balaban J connectivity index is 2.20. The van der Waals surface area contributed by atoms with Crippen molar-refractivity contribution in [2.75, 3.05) is 13.1 Å². The zero-order chi connectivity index (χ0) is 13.9. The van der Waals surface area contributed by atoms with Crippen molar-refractivity contribution in [2.24, 2.45) is 5.73 Å². The standard InChI is InChI=1S/C12H17N3O3S/c13-12(16)11(10-6-2-1-3-7-10)14-19(17,18)15-8-4-5-9-15/h1-3,6-7,11,14H,4-5,8-9H2,(H2,13,16). The largest absolute Gasteiger partial charge is 0.368 e. The zero-order valence-corrected chi connectivity index (χ0v) is 11.3. The molecule has 2 rings (SSSR count). The molecule has 1 unspecified atom stereocenters. The number of nitrogens with two attached hydrogens (primary N) is 1. The molecular weight excluding hydrogens is 266 g/mol. The molecule has 1 amide bonds. The number of carbonyl (C=O) groups is 1. The van der Waals surface area contributed by atoms with Crippen molar-refractivity contribution in [1.29, 1.82) is 0 Å². The molecule has 19 heavy (non-hydrogen) atoms. The van der Waals surface area contributed by atoms with Crippen LogP contribution in [-0.4, -0.2) is 31.7 Å². The van der Waals surface area contributed by atoms with Crippen molar-refractivity contribution in [3.05, 3.63) is 35.9 Å². The third-order valence-corrected chi connectivity index (χ3v) is 4.67. The predicted octanol–water partition coefficient (Wildman–Crippen LogP) is 0.143. The topological polar surface area (TPSA) is 92.5 Å². The lowest BCUT2D eigenvalue weighted by atomic mass is 10.1. The summed E-state index contributed by atoms with van der Waals surface area (Å²) in [6.45, 7) is 0.964. The Hall–Kier alpha value is -1.44. The molecule has 1 atom stereocenters. The summed E-state index contributed by atoms with van der Waals surface area (Å²) in [6.07, 6.45) is 1.68. The van der Waals surface area contributed by atoms with E-state index in [0.29, 0.717) is 18.7 Å². The average molecular weight is 283 g/mol. The van der Waals surface area contributed by atoms with Crippen molar-refractivity contribution in [1.82, 2.24) is 9.03 Å². The third kappa shape index (κ3) is 3.31. The number of carbonyl (C=O) groups excluding carboxylic acids is 1. The third-order valence-electron chi connectivity index (χ3n) is 3.09. The first-order valence-electron chi connectivity index (χ1n) is 6.12. The normalized spacial score (nSPS) is 18.3. The molecule has 1 heterocycles. The molecule has 0 bridgehead atoms. The Kier molecular flexibility index (Phi) is 4.18.